The molecule has 1 heterocycles. The van der Waals surface area contributed by atoms with Gasteiger partial charge in [-0.2, -0.15) is 0 Å². The minimum Gasteiger partial charge on any atom is -0.481 e. The van der Waals surface area contributed by atoms with E-state index in [4.69, 9.17) is 0 Å². The third-order valence-electron chi connectivity index (χ3n) is 6.97. The van der Waals surface area contributed by atoms with Gasteiger partial charge in [-0.25, -0.2) is 0 Å². The summed E-state index contributed by atoms with van der Waals surface area (Å²) < 4.78 is 0. The van der Waals surface area contributed by atoms with Crippen LogP contribution in [0.15, 0.2) is 72.8 Å². The van der Waals surface area contributed by atoms with Crippen LogP contribution in [0.2, 0.25) is 0 Å². The largest absolute Gasteiger partial charge is 0.481 e. The summed E-state index contributed by atoms with van der Waals surface area (Å²) in [7, 11) is 0. The lowest BCUT2D eigenvalue weighted by Crippen LogP contribution is -2.49. The van der Waals surface area contributed by atoms with Crippen molar-refractivity contribution in [3.05, 3.63) is 83.9 Å². The number of hydrogen-bond acceptors (Lipinski definition) is 2. The molecule has 0 radical (unpaired) electrons. The second kappa shape index (κ2) is 7.28. The van der Waals surface area contributed by atoms with Gasteiger partial charge in [0, 0.05) is 19.0 Å². The Hall–Kier alpha value is -3.14. The van der Waals surface area contributed by atoms with Crippen molar-refractivity contribution in [2.75, 3.05) is 13.1 Å². The van der Waals surface area contributed by atoms with Gasteiger partial charge in [0.1, 0.15) is 0 Å². The first-order chi connectivity index (χ1) is 14.6. The van der Waals surface area contributed by atoms with Gasteiger partial charge in [0.2, 0.25) is 5.91 Å². The normalized spacial score (nSPS) is 22.6. The van der Waals surface area contributed by atoms with E-state index >= 15 is 0 Å². The zero-order valence-electron chi connectivity index (χ0n) is 16.8. The fraction of sp³-hybridized carbons (Fsp3) is 0.308. The highest BCUT2D eigenvalue weighted by molar-refractivity contribution is 5.87. The van der Waals surface area contributed by atoms with Crippen LogP contribution in [0.4, 0.5) is 0 Å². The van der Waals surface area contributed by atoms with E-state index in [1.165, 1.54) is 16.3 Å². The number of carboxylic acid groups (broad SMARTS) is 1. The van der Waals surface area contributed by atoms with Crippen molar-refractivity contribution < 1.29 is 14.7 Å². The van der Waals surface area contributed by atoms with Crippen molar-refractivity contribution in [3.63, 3.8) is 0 Å². The first-order valence-corrected chi connectivity index (χ1v) is 10.6. The number of hydrogen-bond donors (Lipinski definition) is 1. The molecule has 2 atom stereocenters. The summed E-state index contributed by atoms with van der Waals surface area (Å²) in [6.45, 7) is 1.00. The fourth-order valence-corrected chi connectivity index (χ4v) is 5.00. The molecule has 152 valence electrons. The van der Waals surface area contributed by atoms with Crippen LogP contribution in [0, 0.1) is 5.92 Å². The number of aliphatic carboxylic acids is 1. The Balaban J connectivity index is 1.28. The van der Waals surface area contributed by atoms with Crippen molar-refractivity contribution in [3.8, 4) is 0 Å². The highest BCUT2D eigenvalue weighted by Gasteiger charge is 2.49. The molecule has 2 unspecified atom stereocenters. The maximum atomic E-state index is 13.1. The second-order valence-electron chi connectivity index (χ2n) is 8.63. The van der Waals surface area contributed by atoms with E-state index in [1.54, 1.807) is 0 Å². The van der Waals surface area contributed by atoms with Crippen molar-refractivity contribution in [1.29, 1.82) is 0 Å². The molecule has 1 aliphatic carbocycles. The third-order valence-corrected chi connectivity index (χ3v) is 6.97. The van der Waals surface area contributed by atoms with E-state index in [9.17, 15) is 14.7 Å². The van der Waals surface area contributed by atoms with Crippen LogP contribution in [-0.4, -0.2) is 35.0 Å². The zero-order chi connectivity index (χ0) is 20.7. The van der Waals surface area contributed by atoms with Crippen LogP contribution < -0.4 is 0 Å². The maximum absolute atomic E-state index is 13.1. The molecule has 2 fully saturated rings. The van der Waals surface area contributed by atoms with E-state index in [0.29, 0.717) is 25.9 Å². The molecule has 3 aromatic rings. The maximum Gasteiger partial charge on any atom is 0.314 e. The number of nitrogens with zero attached hydrogens (tertiary/aromatic N) is 1. The van der Waals surface area contributed by atoms with Crippen LogP contribution in [0.5, 0.6) is 0 Å². The molecule has 0 aromatic heterocycles. The van der Waals surface area contributed by atoms with Gasteiger partial charge in [-0.1, -0.05) is 72.8 Å². The van der Waals surface area contributed by atoms with Crippen LogP contribution in [-0.2, 0) is 15.0 Å². The molecular weight excluding hydrogens is 374 g/mol. The van der Waals surface area contributed by atoms with Gasteiger partial charge in [-0.15, -0.1) is 0 Å². The number of likely N-dealkylation sites (tertiary alicyclic amines) is 1. The molecular formula is C26H25NO3. The molecule has 1 amide bonds. The van der Waals surface area contributed by atoms with E-state index in [0.717, 1.165) is 12.0 Å². The predicted molar refractivity (Wildman–Crippen MR) is 116 cm³/mol. The molecule has 1 saturated heterocycles. The van der Waals surface area contributed by atoms with Gasteiger partial charge in [-0.3, -0.25) is 9.59 Å². The van der Waals surface area contributed by atoms with Gasteiger partial charge >= 0.3 is 5.97 Å². The van der Waals surface area contributed by atoms with Crippen LogP contribution in [0.3, 0.4) is 0 Å². The predicted octanol–water partition coefficient (Wildman–Crippen LogP) is 4.59. The number of carbonyl (C=O) groups excluding carboxylic acids is 1. The molecule has 1 N–H and O–H groups in total. The Morgan fingerprint density at radius 1 is 0.867 bits per heavy atom. The Morgan fingerprint density at radius 3 is 2.23 bits per heavy atom. The summed E-state index contributed by atoms with van der Waals surface area (Å²) in [5.41, 5.74) is 1.18. The highest BCUT2D eigenvalue weighted by Crippen LogP contribution is 2.49. The summed E-state index contributed by atoms with van der Waals surface area (Å²) in [5, 5.41) is 12.4. The lowest BCUT2D eigenvalue weighted by Gasteiger charge is -2.39. The number of piperidine rings is 1. The molecule has 0 bridgehead atoms. The second-order valence-corrected chi connectivity index (χ2v) is 8.63. The molecule has 5 rings (SSSR count). The van der Waals surface area contributed by atoms with Gasteiger partial charge in [0.25, 0.3) is 0 Å². The smallest absolute Gasteiger partial charge is 0.314 e. The average molecular weight is 399 g/mol. The van der Waals surface area contributed by atoms with E-state index in [2.05, 4.69) is 30.3 Å². The minimum absolute atomic E-state index is 0.0280. The quantitative estimate of drug-likeness (QED) is 0.698. The van der Waals surface area contributed by atoms with E-state index in [-0.39, 0.29) is 17.7 Å². The number of amides is 1. The zero-order valence-corrected chi connectivity index (χ0v) is 16.8. The van der Waals surface area contributed by atoms with Crippen LogP contribution in [0.25, 0.3) is 10.8 Å². The molecule has 4 nitrogen and oxygen atoms in total. The summed E-state index contributed by atoms with van der Waals surface area (Å²) in [6.07, 6.45) is 1.81. The van der Waals surface area contributed by atoms with Crippen LogP contribution in [0.1, 0.15) is 36.3 Å². The number of rotatable bonds is 4. The molecule has 1 saturated carbocycles. The number of benzene rings is 3. The molecule has 1 aliphatic heterocycles. The fourth-order valence-electron chi connectivity index (χ4n) is 5.00. The topological polar surface area (TPSA) is 57.6 Å². The van der Waals surface area contributed by atoms with Gasteiger partial charge in [0.15, 0.2) is 0 Å². The number of carbonyl (C=O) groups is 2. The lowest BCUT2D eigenvalue weighted by molar-refractivity contribution is -0.148. The summed E-state index contributed by atoms with van der Waals surface area (Å²) in [5.74, 6) is -0.302. The molecule has 3 aromatic carbocycles. The van der Waals surface area contributed by atoms with E-state index in [1.807, 2.05) is 47.4 Å². The monoisotopic (exact) mass is 399 g/mol. The Labute approximate surface area is 176 Å². The van der Waals surface area contributed by atoms with Crippen molar-refractivity contribution in [1.82, 2.24) is 4.90 Å². The van der Waals surface area contributed by atoms with Crippen molar-refractivity contribution in [2.45, 2.75) is 30.6 Å². The Kier molecular flexibility index (Phi) is 4.58. The van der Waals surface area contributed by atoms with Crippen molar-refractivity contribution >= 4 is 22.6 Å². The average Bonchev–Trinajstić information content (AvgIpc) is 3.60. The number of carboxylic acids is 1. The van der Waals surface area contributed by atoms with Crippen LogP contribution >= 0.6 is 0 Å². The van der Waals surface area contributed by atoms with Gasteiger partial charge in [0.05, 0.1) is 5.41 Å². The lowest BCUT2D eigenvalue weighted by atomic mass is 9.73. The first kappa shape index (κ1) is 18.9. The Bertz CT molecular complexity index is 1100. The minimum atomic E-state index is -0.890. The molecule has 30 heavy (non-hydrogen) atoms. The third kappa shape index (κ3) is 3.17. The summed E-state index contributed by atoms with van der Waals surface area (Å²) >= 11 is 0. The molecule has 4 heteroatoms. The first-order valence-electron chi connectivity index (χ1n) is 10.6. The van der Waals surface area contributed by atoms with E-state index < -0.39 is 11.4 Å². The highest BCUT2D eigenvalue weighted by atomic mass is 16.4. The standard InChI is InChI=1S/C26H25NO3/c28-24(23-17-22(23)20-11-10-18-6-4-5-7-19(18)16-20)27-14-12-26(13-15-27,25(29)30)21-8-2-1-3-9-21/h1-11,16,22-23H,12-15,17H2,(H,29,30). The number of fused-ring (bicyclic) bond motifs is 1. The summed E-state index contributed by atoms with van der Waals surface area (Å²) in [4.78, 5) is 27.1. The van der Waals surface area contributed by atoms with Gasteiger partial charge in [-0.05, 0) is 47.1 Å². The summed E-state index contributed by atoms with van der Waals surface area (Å²) in [6, 6.07) is 24.2. The van der Waals surface area contributed by atoms with Crippen molar-refractivity contribution in [2.24, 2.45) is 5.92 Å². The molecule has 2 aliphatic rings. The Morgan fingerprint density at radius 2 is 1.53 bits per heavy atom. The van der Waals surface area contributed by atoms with Gasteiger partial charge < -0.3 is 10.0 Å². The molecule has 0 spiro atoms. The SMILES string of the molecule is O=C(C1CC1c1ccc2ccccc2c1)N1CCC(C(=O)O)(c2ccccc2)CC1.